The maximum Gasteiger partial charge on any atom is 0.261 e. The van der Waals surface area contributed by atoms with E-state index in [1.165, 1.54) is 21.9 Å². The van der Waals surface area contributed by atoms with Crippen LogP contribution in [-0.2, 0) is 29.6 Å². The van der Waals surface area contributed by atoms with Crippen LogP contribution in [0.1, 0.15) is 32.2 Å². The predicted octanol–water partition coefficient (Wildman–Crippen LogP) is 3.27. The largest absolute Gasteiger partial charge is 0.368 e. The van der Waals surface area contributed by atoms with Crippen LogP contribution in [-0.4, -0.2) is 30.2 Å². The Kier molecular flexibility index (Phi) is 6.07. The van der Waals surface area contributed by atoms with Gasteiger partial charge in [0.1, 0.15) is 12.4 Å². The summed E-state index contributed by atoms with van der Waals surface area (Å²) in [7, 11) is 1.90. The molecule has 33 heavy (non-hydrogen) atoms. The third-order valence-electron chi connectivity index (χ3n) is 5.43. The number of carbonyl (C=O) groups is 1. The Morgan fingerprint density at radius 3 is 2.42 bits per heavy atom. The van der Waals surface area contributed by atoms with Gasteiger partial charge in [0.15, 0.2) is 11.0 Å². The highest BCUT2D eigenvalue weighted by molar-refractivity contribution is 7.98. The number of hydrogen-bond donors (Lipinski definition) is 1. The second-order valence-corrected chi connectivity index (χ2v) is 9.83. The molecule has 8 nitrogen and oxygen atoms in total. The van der Waals surface area contributed by atoms with Crippen LogP contribution in [0.2, 0.25) is 0 Å². The Morgan fingerprint density at radius 1 is 1.06 bits per heavy atom. The van der Waals surface area contributed by atoms with Crippen molar-refractivity contribution in [3.05, 3.63) is 70.3 Å². The summed E-state index contributed by atoms with van der Waals surface area (Å²) < 4.78 is 3.24. The first kappa shape index (κ1) is 22.7. The summed E-state index contributed by atoms with van der Waals surface area (Å²) in [6.07, 6.45) is 0. The molecule has 0 unspecified atom stereocenters. The van der Waals surface area contributed by atoms with E-state index < -0.39 is 5.91 Å². The zero-order valence-electron chi connectivity index (χ0n) is 19.1. The van der Waals surface area contributed by atoms with E-state index in [1.54, 1.807) is 18.2 Å². The molecule has 2 heterocycles. The minimum absolute atomic E-state index is 0.0764. The van der Waals surface area contributed by atoms with Crippen LogP contribution < -0.4 is 11.3 Å². The summed E-state index contributed by atoms with van der Waals surface area (Å²) in [5, 5.41) is 9.81. The molecule has 1 amide bonds. The van der Waals surface area contributed by atoms with Crippen LogP contribution in [0.3, 0.4) is 0 Å². The molecule has 9 heteroatoms. The predicted molar refractivity (Wildman–Crippen MR) is 130 cm³/mol. The lowest BCUT2D eigenvalue weighted by molar-refractivity contribution is -0.118. The number of para-hydroxylation sites is 1. The molecule has 2 N–H and O–H groups in total. The van der Waals surface area contributed by atoms with E-state index >= 15 is 0 Å². The topological polar surface area (TPSA) is 109 Å². The molecule has 0 saturated heterocycles. The monoisotopic (exact) mass is 462 g/mol. The molecule has 0 radical (unpaired) electrons. The van der Waals surface area contributed by atoms with Gasteiger partial charge in [0.2, 0.25) is 5.91 Å². The molecule has 0 aliphatic rings. The molecule has 0 aliphatic carbocycles. The van der Waals surface area contributed by atoms with E-state index in [2.05, 4.69) is 60.2 Å². The maximum atomic E-state index is 12.9. The first-order valence-electron chi connectivity index (χ1n) is 10.5. The fourth-order valence-corrected chi connectivity index (χ4v) is 4.44. The van der Waals surface area contributed by atoms with Crippen LogP contribution in [0.5, 0.6) is 0 Å². The second-order valence-electron chi connectivity index (χ2n) is 8.88. The van der Waals surface area contributed by atoms with Crippen molar-refractivity contribution in [1.82, 2.24) is 24.3 Å². The molecular weight excluding hydrogens is 436 g/mol. The summed E-state index contributed by atoms with van der Waals surface area (Å²) in [4.78, 5) is 29.1. The number of nitrogens with zero attached hydrogens (tertiary/aromatic N) is 5. The van der Waals surface area contributed by atoms with E-state index in [4.69, 9.17) is 5.73 Å². The number of benzene rings is 2. The number of nitrogens with two attached hydrogens (primary N) is 1. The lowest BCUT2D eigenvalue weighted by Crippen LogP contribution is -2.31. The average molecular weight is 463 g/mol. The smallest absolute Gasteiger partial charge is 0.261 e. The van der Waals surface area contributed by atoms with Gasteiger partial charge in [-0.05, 0) is 23.1 Å². The molecule has 2 aromatic carbocycles. The summed E-state index contributed by atoms with van der Waals surface area (Å²) in [5.74, 6) is 0.947. The number of thioether (sulfide) groups is 1. The highest BCUT2D eigenvalue weighted by atomic mass is 32.2. The maximum absolute atomic E-state index is 12.9. The van der Waals surface area contributed by atoms with Crippen molar-refractivity contribution in [2.24, 2.45) is 12.8 Å². The number of carbonyl (C=O) groups excluding carboxylic acids is 1. The Balaban J connectivity index is 1.62. The Bertz CT molecular complexity index is 1380. The Morgan fingerprint density at radius 2 is 1.76 bits per heavy atom. The van der Waals surface area contributed by atoms with Crippen LogP contribution in [0.25, 0.3) is 22.3 Å². The zero-order chi connectivity index (χ0) is 23.8. The molecule has 4 rings (SSSR count). The quantitative estimate of drug-likeness (QED) is 0.441. The molecule has 0 aliphatic heterocycles. The Hall–Kier alpha value is -3.46. The highest BCUT2D eigenvalue weighted by Crippen LogP contribution is 2.28. The van der Waals surface area contributed by atoms with Gasteiger partial charge in [-0.15, -0.1) is 10.2 Å². The van der Waals surface area contributed by atoms with Gasteiger partial charge in [-0.25, -0.2) is 4.98 Å². The number of rotatable bonds is 6. The molecule has 2 aromatic heterocycles. The Labute approximate surface area is 195 Å². The van der Waals surface area contributed by atoms with E-state index in [0.29, 0.717) is 27.6 Å². The zero-order valence-corrected chi connectivity index (χ0v) is 19.9. The number of amides is 1. The van der Waals surface area contributed by atoms with Gasteiger partial charge in [-0.3, -0.25) is 14.2 Å². The van der Waals surface area contributed by atoms with Crippen molar-refractivity contribution in [2.75, 3.05) is 0 Å². The lowest BCUT2D eigenvalue weighted by Gasteiger charge is -2.19. The van der Waals surface area contributed by atoms with Gasteiger partial charge in [0.25, 0.3) is 5.56 Å². The summed E-state index contributed by atoms with van der Waals surface area (Å²) in [6, 6.07) is 15.4. The fourth-order valence-electron chi connectivity index (χ4n) is 3.58. The van der Waals surface area contributed by atoms with Gasteiger partial charge >= 0.3 is 0 Å². The fraction of sp³-hybridized carbons (Fsp3) is 0.292. The van der Waals surface area contributed by atoms with Crippen LogP contribution in [0.15, 0.2) is 58.5 Å². The molecule has 170 valence electrons. The van der Waals surface area contributed by atoms with Gasteiger partial charge in [0, 0.05) is 12.6 Å². The third kappa shape index (κ3) is 4.68. The normalized spacial score (nSPS) is 11.8. The van der Waals surface area contributed by atoms with Crippen molar-refractivity contribution >= 4 is 28.6 Å². The highest BCUT2D eigenvalue weighted by Gasteiger charge is 2.17. The van der Waals surface area contributed by atoms with E-state index in [0.717, 1.165) is 11.4 Å². The van der Waals surface area contributed by atoms with Gasteiger partial charge in [0.05, 0.1) is 16.7 Å². The number of fused-ring (bicyclic) bond motifs is 1. The summed E-state index contributed by atoms with van der Waals surface area (Å²) in [5.41, 5.74) is 7.97. The number of hydrogen-bond acceptors (Lipinski definition) is 6. The molecule has 0 spiro atoms. The average Bonchev–Trinajstić information content (AvgIpc) is 3.14. The summed E-state index contributed by atoms with van der Waals surface area (Å²) in [6.45, 7) is 6.31. The minimum atomic E-state index is -0.597. The third-order valence-corrected chi connectivity index (χ3v) is 6.45. The minimum Gasteiger partial charge on any atom is -0.368 e. The van der Waals surface area contributed by atoms with Gasteiger partial charge < -0.3 is 10.3 Å². The van der Waals surface area contributed by atoms with Crippen molar-refractivity contribution in [1.29, 1.82) is 0 Å². The van der Waals surface area contributed by atoms with Crippen molar-refractivity contribution in [3.8, 4) is 11.4 Å². The van der Waals surface area contributed by atoms with Crippen molar-refractivity contribution in [2.45, 2.75) is 43.6 Å². The van der Waals surface area contributed by atoms with E-state index in [-0.39, 0.29) is 17.5 Å². The first-order valence-corrected chi connectivity index (χ1v) is 11.5. The number of primary amides is 1. The molecule has 0 fully saturated rings. The second kappa shape index (κ2) is 8.82. The molecular formula is C24H26N6O2S. The summed E-state index contributed by atoms with van der Waals surface area (Å²) >= 11 is 1.40. The van der Waals surface area contributed by atoms with Crippen LogP contribution >= 0.6 is 11.8 Å². The van der Waals surface area contributed by atoms with Crippen LogP contribution in [0.4, 0.5) is 0 Å². The lowest BCUT2D eigenvalue weighted by atomic mass is 9.87. The molecule has 0 atom stereocenters. The molecule has 4 aromatic rings. The van der Waals surface area contributed by atoms with Gasteiger partial charge in [-0.1, -0.05) is 68.9 Å². The van der Waals surface area contributed by atoms with Gasteiger partial charge in [-0.2, -0.15) is 0 Å². The van der Waals surface area contributed by atoms with Crippen LogP contribution in [0, 0.1) is 0 Å². The first-order chi connectivity index (χ1) is 15.6. The van der Waals surface area contributed by atoms with Crippen molar-refractivity contribution in [3.63, 3.8) is 0 Å². The van der Waals surface area contributed by atoms with E-state index in [9.17, 15) is 9.59 Å². The molecule has 0 saturated carbocycles. The number of aromatic nitrogens is 5. The molecule has 0 bridgehead atoms. The van der Waals surface area contributed by atoms with Crippen molar-refractivity contribution < 1.29 is 4.79 Å². The van der Waals surface area contributed by atoms with E-state index in [1.807, 2.05) is 17.7 Å². The standard InChI is InChI=1S/C24H26N6O2S/c1-24(2,3)16-11-9-15(10-12-16)21-27-28-23(29(21)4)33-14-20-26-18-8-6-5-7-17(18)22(32)30(20)13-19(25)31/h5-12H,13-14H2,1-4H3,(H2,25,31). The SMILES string of the molecule is Cn1c(SCc2nc3ccccc3c(=O)n2CC(N)=O)nnc1-c1ccc(C(C)(C)C)cc1.